The molecule has 2 N–H and O–H groups in total. The van der Waals surface area contributed by atoms with Gasteiger partial charge in [0, 0.05) is 0 Å². The topological polar surface area (TPSA) is 113 Å². The van der Waals surface area contributed by atoms with E-state index in [9.17, 15) is 23.0 Å². The molecule has 1 aliphatic heterocycles. The number of likely N-dealkylation sites (tertiary alicyclic amines) is 1. The summed E-state index contributed by atoms with van der Waals surface area (Å²) >= 11 is 0. The van der Waals surface area contributed by atoms with Crippen LogP contribution < -0.4 is 9.46 Å². The molecular weight excluding hydrogens is 407 g/mol. The number of carbonyl (C=O) groups is 1. The van der Waals surface area contributed by atoms with Gasteiger partial charge in [0.1, 0.15) is 6.04 Å². The van der Waals surface area contributed by atoms with E-state index in [2.05, 4.69) is 9.62 Å². The summed E-state index contributed by atoms with van der Waals surface area (Å²) in [6.45, 7) is 2.64. The molecule has 10 heteroatoms. The molecule has 0 spiro atoms. The molecule has 1 aromatic rings. The Morgan fingerprint density at radius 2 is 1.93 bits per heavy atom. The van der Waals surface area contributed by atoms with Gasteiger partial charge in [0.2, 0.25) is 10.0 Å². The normalized spacial score (nSPS) is 16.7. The number of nitrogens with zero attached hydrogens (tertiary/aromatic N) is 1. The fourth-order valence-electron chi connectivity index (χ4n) is 3.68. The summed E-state index contributed by atoms with van der Waals surface area (Å²) in [5.41, 5.74) is 0.715. The van der Waals surface area contributed by atoms with Crippen LogP contribution in [0.2, 0.25) is 0 Å². The van der Waals surface area contributed by atoms with Gasteiger partial charge in [-0.15, -0.1) is 0 Å². The Morgan fingerprint density at radius 3 is 2.50 bits per heavy atom. The summed E-state index contributed by atoms with van der Waals surface area (Å²) in [5.74, 6) is 0.231. The summed E-state index contributed by atoms with van der Waals surface area (Å²) in [4.78, 5) is 13.4. The standard InChI is InChI=1S/C20H31BN2O6S/c1-30(27,28)22-19(20(24)25)14-17-5-7-18(8-6-17)29-13-3-2-4-16-9-11-23(12-10-16)15-21-26/h5-8,16,19,22H,2-4,9-15H2,1H3,(H,24,25). The Bertz CT molecular complexity index is 779. The average molecular weight is 438 g/mol. The predicted octanol–water partition coefficient (Wildman–Crippen LogP) is 1.50. The third kappa shape index (κ3) is 9.36. The molecule has 2 rings (SSSR count). The second-order valence-electron chi connectivity index (χ2n) is 7.88. The molecule has 1 atom stereocenters. The van der Waals surface area contributed by atoms with Crippen molar-refractivity contribution in [3.63, 3.8) is 0 Å². The molecule has 0 aromatic heterocycles. The first kappa shape index (κ1) is 24.5. The smallest absolute Gasteiger partial charge is 0.480 e. The molecule has 1 unspecified atom stereocenters. The van der Waals surface area contributed by atoms with E-state index in [1.165, 1.54) is 6.42 Å². The van der Waals surface area contributed by atoms with Crippen LogP contribution in [-0.2, 0) is 25.9 Å². The quantitative estimate of drug-likeness (QED) is 0.355. The average Bonchev–Trinajstić information content (AvgIpc) is 2.69. The van der Waals surface area contributed by atoms with E-state index in [1.807, 2.05) is 0 Å². The summed E-state index contributed by atoms with van der Waals surface area (Å²) < 4.78 is 41.0. The zero-order valence-electron chi connectivity index (χ0n) is 17.5. The minimum absolute atomic E-state index is 0.0638. The second-order valence-corrected chi connectivity index (χ2v) is 9.66. The van der Waals surface area contributed by atoms with Crippen LogP contribution in [0.15, 0.2) is 24.3 Å². The molecule has 1 aliphatic rings. The van der Waals surface area contributed by atoms with Crippen molar-refractivity contribution in [2.75, 3.05) is 32.4 Å². The zero-order valence-corrected chi connectivity index (χ0v) is 18.3. The van der Waals surface area contributed by atoms with E-state index in [-0.39, 0.29) is 6.42 Å². The van der Waals surface area contributed by atoms with Crippen LogP contribution in [0, 0.1) is 5.92 Å². The van der Waals surface area contributed by atoms with Gasteiger partial charge in [-0.05, 0) is 12.0 Å². The molecule has 1 aromatic carbocycles. The molecule has 8 nitrogen and oxygen atoms in total. The van der Waals surface area contributed by atoms with Gasteiger partial charge >= 0.3 is 110 Å². The van der Waals surface area contributed by atoms with Crippen LogP contribution in [0.1, 0.15) is 37.7 Å². The van der Waals surface area contributed by atoms with Crippen LogP contribution in [0.5, 0.6) is 5.75 Å². The molecule has 1 saturated heterocycles. The molecule has 0 saturated carbocycles. The predicted molar refractivity (Wildman–Crippen MR) is 114 cm³/mol. The van der Waals surface area contributed by atoms with Gasteiger partial charge in [0.25, 0.3) is 0 Å². The van der Waals surface area contributed by atoms with Crippen molar-refractivity contribution in [3.8, 4) is 5.75 Å². The Morgan fingerprint density at radius 1 is 1.27 bits per heavy atom. The Kier molecular flexibility index (Phi) is 9.94. The SMILES string of the molecule is CS(=O)(=O)NC(Cc1ccc(OCCCCC2CCN(CB=O)CC2)cc1)C(=O)O. The fourth-order valence-corrected chi connectivity index (χ4v) is 4.38. The third-order valence-electron chi connectivity index (χ3n) is 5.33. The van der Waals surface area contributed by atoms with Gasteiger partial charge in [-0.3, -0.25) is 4.79 Å². The number of benzene rings is 1. The van der Waals surface area contributed by atoms with Gasteiger partial charge < -0.3 is 5.11 Å². The van der Waals surface area contributed by atoms with E-state index < -0.39 is 22.0 Å². The van der Waals surface area contributed by atoms with Crippen molar-refractivity contribution in [1.29, 1.82) is 0 Å². The molecule has 0 amide bonds. The number of hydrogen-bond donors (Lipinski definition) is 2. The molecule has 0 aliphatic carbocycles. The number of sulfonamides is 1. The summed E-state index contributed by atoms with van der Waals surface area (Å²) in [5, 5.41) is 9.18. The Balaban J connectivity index is 1.66. The number of nitrogens with one attached hydrogen (secondary N) is 1. The number of aliphatic carboxylic acids is 1. The summed E-state index contributed by atoms with van der Waals surface area (Å²) in [6, 6.07) is 5.86. The van der Waals surface area contributed by atoms with Gasteiger partial charge in [-0.2, -0.15) is 0 Å². The first-order valence-corrected chi connectivity index (χ1v) is 12.2. The molecule has 1 fully saturated rings. The van der Waals surface area contributed by atoms with Crippen molar-refractivity contribution in [3.05, 3.63) is 29.8 Å². The van der Waals surface area contributed by atoms with Gasteiger partial charge in [0.05, 0.1) is 6.26 Å². The van der Waals surface area contributed by atoms with Crippen molar-refractivity contribution >= 4 is 23.1 Å². The number of rotatable bonds is 13. The first-order valence-electron chi connectivity index (χ1n) is 10.3. The van der Waals surface area contributed by atoms with Crippen molar-refractivity contribution in [2.45, 2.75) is 44.6 Å². The molecule has 1 heterocycles. The summed E-state index contributed by atoms with van der Waals surface area (Å²) in [7, 11) is -2.63. The van der Waals surface area contributed by atoms with Crippen molar-refractivity contribution in [1.82, 2.24) is 9.62 Å². The molecule has 30 heavy (non-hydrogen) atoms. The minimum atomic E-state index is -3.60. The maximum atomic E-state index is 11.3. The number of hydrogen-bond acceptors (Lipinski definition) is 6. The Labute approximate surface area is 179 Å². The van der Waals surface area contributed by atoms with Crippen LogP contribution in [-0.4, -0.2) is 70.0 Å². The monoisotopic (exact) mass is 438 g/mol. The maximum absolute atomic E-state index is 11.3. The van der Waals surface area contributed by atoms with E-state index in [0.29, 0.717) is 24.4 Å². The number of carboxylic acid groups (broad SMARTS) is 1. The fraction of sp³-hybridized carbons (Fsp3) is 0.650. The van der Waals surface area contributed by atoms with Crippen molar-refractivity contribution in [2.24, 2.45) is 5.92 Å². The van der Waals surface area contributed by atoms with Gasteiger partial charge in [-0.25, -0.2) is 13.1 Å². The summed E-state index contributed by atoms with van der Waals surface area (Å²) in [6.07, 6.45) is 7.11. The van der Waals surface area contributed by atoms with Crippen LogP contribution >= 0.6 is 0 Å². The second kappa shape index (κ2) is 12.2. The molecular formula is C20H31BN2O6S. The third-order valence-corrected chi connectivity index (χ3v) is 6.05. The van der Waals surface area contributed by atoms with Crippen LogP contribution in [0.25, 0.3) is 0 Å². The van der Waals surface area contributed by atoms with Crippen LogP contribution in [0.3, 0.4) is 0 Å². The number of carboxylic acids is 1. The van der Waals surface area contributed by atoms with Crippen LogP contribution in [0.4, 0.5) is 0 Å². The van der Waals surface area contributed by atoms with E-state index in [1.54, 1.807) is 24.3 Å². The van der Waals surface area contributed by atoms with E-state index in [0.717, 1.165) is 58.1 Å². The van der Waals surface area contributed by atoms with Crippen molar-refractivity contribution < 1.29 is 27.8 Å². The van der Waals surface area contributed by atoms with E-state index in [4.69, 9.17) is 4.74 Å². The molecule has 166 valence electrons. The number of unbranched alkanes of at least 4 members (excludes halogenated alkanes) is 1. The van der Waals surface area contributed by atoms with Gasteiger partial charge in [0.15, 0.2) is 0 Å². The number of ether oxygens (including phenoxy) is 1. The molecule has 0 radical (unpaired) electrons. The zero-order chi connectivity index (χ0) is 22.0. The number of piperidine rings is 1. The Hall–Kier alpha value is -1.78. The van der Waals surface area contributed by atoms with Gasteiger partial charge in [-0.1, -0.05) is 12.1 Å². The molecule has 0 bridgehead atoms. The first-order chi connectivity index (χ1) is 14.3. The minimum Gasteiger partial charge on any atom is -0.480 e. The van der Waals surface area contributed by atoms with E-state index >= 15 is 0 Å².